The molecule has 0 saturated carbocycles. The van der Waals surface area contributed by atoms with Crippen LogP contribution in [0.1, 0.15) is 49.6 Å². The summed E-state index contributed by atoms with van der Waals surface area (Å²) in [5, 5.41) is 3.65. The van der Waals surface area contributed by atoms with E-state index in [0.29, 0.717) is 18.4 Å². The van der Waals surface area contributed by atoms with Crippen LogP contribution in [0.15, 0.2) is 97.5 Å². The van der Waals surface area contributed by atoms with E-state index in [2.05, 4.69) is 115 Å². The molecule has 0 atom stereocenters. The molecule has 8 nitrogen and oxygen atoms in total. The van der Waals surface area contributed by atoms with Gasteiger partial charge in [-0.05, 0) is 64.5 Å². The van der Waals surface area contributed by atoms with E-state index in [1.807, 2.05) is 38.6 Å². The minimum atomic E-state index is -2.58. The Morgan fingerprint density at radius 2 is 1.53 bits per heavy atom. The number of nitrogens with zero attached hydrogens (tertiary/aromatic N) is 5. The summed E-state index contributed by atoms with van der Waals surface area (Å²) in [6.45, 7) is 12.4. The number of aryl methyl sites for hydroxylation is 2. The zero-order valence-corrected chi connectivity index (χ0v) is 30.6. The summed E-state index contributed by atoms with van der Waals surface area (Å²) in [6.07, 6.45) is 7.32. The number of aromatic nitrogens is 5. The number of aromatic amines is 1. The number of rotatable bonds is 12. The van der Waals surface area contributed by atoms with Crippen molar-refractivity contribution in [3.8, 4) is 17.1 Å². The van der Waals surface area contributed by atoms with Crippen molar-refractivity contribution in [2.24, 2.45) is 0 Å². The van der Waals surface area contributed by atoms with Crippen LogP contribution in [0.25, 0.3) is 22.3 Å². The molecule has 252 valence electrons. The maximum absolute atomic E-state index is 7.09. The standard InChI is InChI=1S/C40H46N6O2Si/c1-28-23-34-31(26-42-37(34)41-25-28)24-30-19-20-36(44-29(30)2)35-27-43-39(45-38(35)47-7)46(6)21-14-22-48-49(40(3,4)5,32-15-10-8-11-16-32)33-17-12-9-13-18-33/h8-13,15-20,23,25-27H,14,21-22,24H2,1-7H3,(H,41,42). The summed E-state index contributed by atoms with van der Waals surface area (Å²) in [6, 6.07) is 27.8. The molecular weight excluding hydrogens is 625 g/mol. The van der Waals surface area contributed by atoms with E-state index in [-0.39, 0.29) is 5.04 Å². The SMILES string of the molecule is COc1nc(N(C)CCCO[Si](c2ccccc2)(c2ccccc2)C(C)(C)C)ncc1-c1ccc(Cc2c[nH]c3ncc(C)cc23)c(C)n1. The first kappa shape index (κ1) is 34.0. The summed E-state index contributed by atoms with van der Waals surface area (Å²) in [4.78, 5) is 24.3. The molecule has 2 aromatic carbocycles. The first-order valence-corrected chi connectivity index (χ1v) is 18.8. The molecule has 0 aliphatic heterocycles. The minimum Gasteiger partial charge on any atom is -0.480 e. The van der Waals surface area contributed by atoms with Crippen LogP contribution in [-0.4, -0.2) is 60.5 Å². The second kappa shape index (κ2) is 14.3. The number of methoxy groups -OCH3 is 1. The quantitative estimate of drug-likeness (QED) is 0.110. The Morgan fingerprint density at radius 1 is 0.837 bits per heavy atom. The normalized spacial score (nSPS) is 12.0. The molecule has 0 radical (unpaired) electrons. The van der Waals surface area contributed by atoms with Gasteiger partial charge in [-0.1, -0.05) is 87.5 Å². The molecule has 0 spiro atoms. The van der Waals surface area contributed by atoms with Gasteiger partial charge in [0.15, 0.2) is 0 Å². The van der Waals surface area contributed by atoms with E-state index in [1.165, 1.54) is 15.9 Å². The lowest BCUT2D eigenvalue weighted by atomic mass is 10.0. The fourth-order valence-corrected chi connectivity index (χ4v) is 11.3. The monoisotopic (exact) mass is 670 g/mol. The summed E-state index contributed by atoms with van der Waals surface area (Å²) in [5.74, 6) is 1.10. The van der Waals surface area contributed by atoms with Crippen LogP contribution in [0.4, 0.5) is 5.95 Å². The highest BCUT2D eigenvalue weighted by atomic mass is 28.4. The van der Waals surface area contributed by atoms with Gasteiger partial charge in [-0.15, -0.1) is 0 Å². The van der Waals surface area contributed by atoms with Gasteiger partial charge in [0.2, 0.25) is 11.8 Å². The first-order valence-electron chi connectivity index (χ1n) is 16.9. The number of nitrogens with one attached hydrogen (secondary N) is 1. The van der Waals surface area contributed by atoms with E-state index in [9.17, 15) is 0 Å². The Morgan fingerprint density at radius 3 is 2.16 bits per heavy atom. The van der Waals surface area contributed by atoms with Crippen LogP contribution in [0.3, 0.4) is 0 Å². The predicted molar refractivity (Wildman–Crippen MR) is 202 cm³/mol. The van der Waals surface area contributed by atoms with Crippen molar-refractivity contribution in [2.75, 3.05) is 32.2 Å². The number of hydrogen-bond acceptors (Lipinski definition) is 7. The van der Waals surface area contributed by atoms with Crippen molar-refractivity contribution in [1.29, 1.82) is 0 Å². The Hall–Kier alpha value is -4.86. The topological polar surface area (TPSA) is 89.0 Å². The van der Waals surface area contributed by atoms with Crippen LogP contribution in [0.2, 0.25) is 5.04 Å². The zero-order chi connectivity index (χ0) is 34.6. The van der Waals surface area contributed by atoms with Gasteiger partial charge in [0.25, 0.3) is 8.32 Å². The van der Waals surface area contributed by atoms with E-state index in [4.69, 9.17) is 24.1 Å². The van der Waals surface area contributed by atoms with Crippen molar-refractivity contribution in [3.63, 3.8) is 0 Å². The highest BCUT2D eigenvalue weighted by molar-refractivity contribution is 6.99. The average Bonchev–Trinajstić information content (AvgIpc) is 3.50. The molecule has 49 heavy (non-hydrogen) atoms. The third-order valence-electron chi connectivity index (χ3n) is 9.25. The minimum absolute atomic E-state index is 0.0640. The van der Waals surface area contributed by atoms with Gasteiger partial charge in [0.1, 0.15) is 5.65 Å². The van der Waals surface area contributed by atoms with Crippen molar-refractivity contribution in [3.05, 3.63) is 120 Å². The summed E-state index contributed by atoms with van der Waals surface area (Å²) in [5.41, 5.74) is 6.90. The number of pyridine rings is 2. The fraction of sp³-hybridized carbons (Fsp3) is 0.300. The lowest BCUT2D eigenvalue weighted by Crippen LogP contribution is -2.66. The third-order valence-corrected chi connectivity index (χ3v) is 14.3. The molecule has 9 heteroatoms. The van der Waals surface area contributed by atoms with E-state index in [1.54, 1.807) is 7.11 Å². The molecule has 0 bridgehead atoms. The van der Waals surface area contributed by atoms with Crippen molar-refractivity contribution < 1.29 is 9.16 Å². The number of fused-ring (bicyclic) bond motifs is 1. The van der Waals surface area contributed by atoms with E-state index in [0.717, 1.165) is 58.5 Å². The molecule has 0 aliphatic carbocycles. The highest BCUT2D eigenvalue weighted by Gasteiger charge is 2.50. The molecule has 1 N–H and O–H groups in total. The van der Waals surface area contributed by atoms with Crippen LogP contribution >= 0.6 is 0 Å². The Bertz CT molecular complexity index is 1990. The molecule has 6 aromatic rings. The van der Waals surface area contributed by atoms with Crippen molar-refractivity contribution in [2.45, 2.75) is 52.5 Å². The van der Waals surface area contributed by atoms with E-state index < -0.39 is 8.32 Å². The number of ether oxygens (including phenoxy) is 1. The van der Waals surface area contributed by atoms with Crippen molar-refractivity contribution in [1.82, 2.24) is 24.9 Å². The first-order chi connectivity index (χ1) is 23.6. The van der Waals surface area contributed by atoms with Gasteiger partial charge in [-0.3, -0.25) is 4.98 Å². The molecule has 6 rings (SSSR count). The molecule has 0 fully saturated rings. The molecule has 0 unspecified atom stereocenters. The largest absolute Gasteiger partial charge is 0.480 e. The maximum atomic E-state index is 7.09. The van der Waals surface area contributed by atoms with Crippen LogP contribution in [0, 0.1) is 13.8 Å². The van der Waals surface area contributed by atoms with Crippen LogP contribution < -0.4 is 20.0 Å². The zero-order valence-electron chi connectivity index (χ0n) is 29.6. The molecule has 0 aliphatic rings. The smallest absolute Gasteiger partial charge is 0.261 e. The van der Waals surface area contributed by atoms with E-state index >= 15 is 0 Å². The van der Waals surface area contributed by atoms with Gasteiger partial charge < -0.3 is 19.0 Å². The molecule has 4 aromatic heterocycles. The second-order valence-electron chi connectivity index (χ2n) is 13.7. The number of hydrogen-bond donors (Lipinski definition) is 1. The molecule has 0 amide bonds. The van der Waals surface area contributed by atoms with Gasteiger partial charge in [-0.2, -0.15) is 4.98 Å². The van der Waals surface area contributed by atoms with Gasteiger partial charge in [0.05, 0.1) is 18.4 Å². The van der Waals surface area contributed by atoms with Crippen LogP contribution in [0.5, 0.6) is 5.88 Å². The molecular formula is C40H46N6O2Si. The van der Waals surface area contributed by atoms with Crippen LogP contribution in [-0.2, 0) is 10.8 Å². The fourth-order valence-electron chi connectivity index (χ4n) is 6.70. The summed E-state index contributed by atoms with van der Waals surface area (Å²) in [7, 11) is 1.07. The number of benzene rings is 2. The second-order valence-corrected chi connectivity index (χ2v) is 18.0. The number of anilines is 1. The Labute approximate surface area is 290 Å². The Kier molecular flexibility index (Phi) is 9.94. The van der Waals surface area contributed by atoms with Gasteiger partial charge >= 0.3 is 0 Å². The van der Waals surface area contributed by atoms with Crippen molar-refractivity contribution >= 4 is 35.7 Å². The maximum Gasteiger partial charge on any atom is 0.261 e. The summed E-state index contributed by atoms with van der Waals surface area (Å²) >= 11 is 0. The summed E-state index contributed by atoms with van der Waals surface area (Å²) < 4.78 is 12.9. The third kappa shape index (κ3) is 7.00. The van der Waals surface area contributed by atoms with Gasteiger partial charge in [0, 0.05) is 56.3 Å². The average molecular weight is 671 g/mol. The number of H-pyrrole nitrogens is 1. The highest BCUT2D eigenvalue weighted by Crippen LogP contribution is 2.37. The predicted octanol–water partition coefficient (Wildman–Crippen LogP) is 7.03. The van der Waals surface area contributed by atoms with Gasteiger partial charge in [-0.25, -0.2) is 9.97 Å². The lowest BCUT2D eigenvalue weighted by Gasteiger charge is -2.43. The lowest BCUT2D eigenvalue weighted by molar-refractivity contribution is 0.293. The molecule has 4 heterocycles. The Balaban J connectivity index is 1.15. The molecule has 0 saturated heterocycles.